The van der Waals surface area contributed by atoms with Crippen LogP contribution >= 0.6 is 0 Å². The summed E-state index contributed by atoms with van der Waals surface area (Å²) in [6, 6.07) is 10.00. The second-order valence-electron chi connectivity index (χ2n) is 9.03. The highest BCUT2D eigenvalue weighted by Gasteiger charge is 2.43. The number of nitrogens with one attached hydrogen (secondary N) is 1. The van der Waals surface area contributed by atoms with Crippen LogP contribution in [0.5, 0.6) is 0 Å². The Morgan fingerprint density at radius 3 is 2.35 bits per heavy atom. The number of nitrogens with zero attached hydrogens (tertiary/aromatic N) is 2. The highest BCUT2D eigenvalue weighted by atomic mass is 16.6. The smallest absolute Gasteiger partial charge is 0.269 e. The topological polar surface area (TPSA) is 75.5 Å². The number of anilines is 2. The lowest BCUT2D eigenvalue weighted by molar-refractivity contribution is -0.384. The van der Waals surface area contributed by atoms with E-state index in [9.17, 15) is 14.9 Å². The van der Waals surface area contributed by atoms with E-state index in [1.165, 1.54) is 41.1 Å². The van der Waals surface area contributed by atoms with Gasteiger partial charge in [0.1, 0.15) is 0 Å². The molecule has 1 amide bonds. The quantitative estimate of drug-likeness (QED) is 0.436. The van der Waals surface area contributed by atoms with Crippen molar-refractivity contribution in [2.45, 2.75) is 24.7 Å². The molecular weight excluding hydrogens is 390 g/mol. The molecule has 6 nitrogen and oxygen atoms in total. The number of nitro benzene ring substituents is 1. The average Bonchev–Trinajstić information content (AvgIpc) is 3.44. The Morgan fingerprint density at radius 1 is 0.968 bits per heavy atom. The lowest BCUT2D eigenvalue weighted by Crippen LogP contribution is -2.44. The van der Waals surface area contributed by atoms with Gasteiger partial charge in [-0.1, -0.05) is 30.4 Å². The predicted octanol–water partition coefficient (Wildman–Crippen LogP) is 5.00. The van der Waals surface area contributed by atoms with Crippen molar-refractivity contribution >= 4 is 23.0 Å². The monoisotopic (exact) mass is 413 g/mol. The minimum Gasteiger partial charge on any atom is -0.370 e. The SMILES string of the molecule is O=C(Nc1ccc2c3c1C1C=CCC1CN3CC1CC=CC21)c1ccc([N+](=O)[O-])cc1. The molecule has 4 aliphatic rings. The van der Waals surface area contributed by atoms with Crippen LogP contribution in [-0.2, 0) is 0 Å². The summed E-state index contributed by atoms with van der Waals surface area (Å²) in [5.74, 6) is 1.73. The standard InChI is InChI=1S/C25H23N3O3/c29-25(15-7-9-18(10-8-15)28(30)31)26-22-12-11-21-19-5-1-3-16(19)13-27-14-17-4-2-6-20(17)23(22)24(21)27/h1-2,5-12,16-17,19-20H,3-4,13-14H2,(H,26,29). The molecule has 0 bridgehead atoms. The zero-order chi connectivity index (χ0) is 21.1. The fourth-order valence-corrected chi connectivity index (χ4v) is 5.92. The number of non-ortho nitro benzene ring substituents is 1. The van der Waals surface area contributed by atoms with Crippen LogP contribution in [0, 0.1) is 22.0 Å². The van der Waals surface area contributed by atoms with Gasteiger partial charge in [-0.15, -0.1) is 0 Å². The van der Waals surface area contributed by atoms with Gasteiger partial charge in [-0.2, -0.15) is 0 Å². The largest absolute Gasteiger partial charge is 0.370 e. The van der Waals surface area contributed by atoms with Gasteiger partial charge < -0.3 is 10.2 Å². The van der Waals surface area contributed by atoms with E-state index in [1.54, 1.807) is 0 Å². The molecule has 0 saturated carbocycles. The normalized spacial score (nSPS) is 26.9. The van der Waals surface area contributed by atoms with Crippen LogP contribution in [0.4, 0.5) is 17.1 Å². The molecule has 0 fully saturated rings. The van der Waals surface area contributed by atoms with E-state index < -0.39 is 4.92 Å². The van der Waals surface area contributed by atoms with Crippen molar-refractivity contribution < 1.29 is 9.72 Å². The zero-order valence-electron chi connectivity index (χ0n) is 17.0. The summed E-state index contributed by atoms with van der Waals surface area (Å²) in [7, 11) is 0. The number of allylic oxidation sites excluding steroid dienone is 4. The van der Waals surface area contributed by atoms with Gasteiger partial charge >= 0.3 is 0 Å². The molecule has 2 heterocycles. The van der Waals surface area contributed by atoms with Crippen molar-refractivity contribution in [2.75, 3.05) is 23.3 Å². The Bertz CT molecular complexity index is 1150. The molecule has 31 heavy (non-hydrogen) atoms. The number of rotatable bonds is 3. The Morgan fingerprint density at radius 2 is 1.65 bits per heavy atom. The molecule has 4 unspecified atom stereocenters. The Kier molecular flexibility index (Phi) is 4.03. The third-order valence-electron chi connectivity index (χ3n) is 7.34. The zero-order valence-corrected chi connectivity index (χ0v) is 17.0. The summed E-state index contributed by atoms with van der Waals surface area (Å²) in [6.07, 6.45) is 11.5. The van der Waals surface area contributed by atoms with Crippen molar-refractivity contribution in [1.29, 1.82) is 0 Å². The van der Waals surface area contributed by atoms with Gasteiger partial charge in [0, 0.05) is 59.6 Å². The molecule has 2 aromatic carbocycles. The molecule has 1 N–H and O–H groups in total. The first kappa shape index (κ1) is 18.4. The first-order valence-electron chi connectivity index (χ1n) is 10.9. The lowest BCUT2D eigenvalue weighted by Gasteiger charge is -2.46. The number of nitro groups is 1. The highest BCUT2D eigenvalue weighted by molar-refractivity contribution is 6.05. The van der Waals surface area contributed by atoms with Crippen LogP contribution < -0.4 is 10.2 Å². The molecule has 156 valence electrons. The number of fused-ring (bicyclic) bond motifs is 4. The molecule has 0 aromatic heterocycles. The van der Waals surface area contributed by atoms with E-state index in [4.69, 9.17) is 0 Å². The molecule has 4 atom stereocenters. The second kappa shape index (κ2) is 6.80. The summed E-state index contributed by atoms with van der Waals surface area (Å²) in [5, 5.41) is 14.0. The van der Waals surface area contributed by atoms with Gasteiger partial charge in [0.25, 0.3) is 11.6 Å². The molecular formula is C25H23N3O3. The fourth-order valence-electron chi connectivity index (χ4n) is 5.92. The highest BCUT2D eigenvalue weighted by Crippen LogP contribution is 2.54. The van der Waals surface area contributed by atoms with E-state index in [2.05, 4.69) is 46.7 Å². The van der Waals surface area contributed by atoms with Gasteiger partial charge in [0.15, 0.2) is 0 Å². The predicted molar refractivity (Wildman–Crippen MR) is 120 cm³/mol. The van der Waals surface area contributed by atoms with Gasteiger partial charge in [-0.3, -0.25) is 14.9 Å². The maximum Gasteiger partial charge on any atom is 0.269 e. The first-order chi connectivity index (χ1) is 15.1. The molecule has 6 heteroatoms. The maximum absolute atomic E-state index is 13.0. The minimum absolute atomic E-state index is 0.0193. The third-order valence-corrected chi connectivity index (χ3v) is 7.34. The second-order valence-corrected chi connectivity index (χ2v) is 9.03. The van der Waals surface area contributed by atoms with Crippen LogP contribution in [0.3, 0.4) is 0 Å². The number of amides is 1. The van der Waals surface area contributed by atoms with Crippen molar-refractivity contribution in [3.8, 4) is 0 Å². The molecule has 0 radical (unpaired) electrons. The van der Waals surface area contributed by atoms with Gasteiger partial charge in [0.05, 0.1) is 4.92 Å². The van der Waals surface area contributed by atoms with Crippen LogP contribution in [-0.4, -0.2) is 23.9 Å². The number of benzene rings is 2. The third kappa shape index (κ3) is 2.81. The van der Waals surface area contributed by atoms with E-state index in [-0.39, 0.29) is 11.6 Å². The summed E-state index contributed by atoms with van der Waals surface area (Å²) in [5.41, 5.74) is 5.18. The van der Waals surface area contributed by atoms with Crippen LogP contribution in [0.1, 0.15) is 46.2 Å². The Balaban J connectivity index is 1.40. The average molecular weight is 413 g/mol. The van der Waals surface area contributed by atoms with Crippen LogP contribution in [0.25, 0.3) is 0 Å². The maximum atomic E-state index is 13.0. The van der Waals surface area contributed by atoms with E-state index in [0.717, 1.165) is 31.6 Å². The molecule has 0 spiro atoms. The Labute approximate surface area is 180 Å². The van der Waals surface area contributed by atoms with Crippen LogP contribution in [0.2, 0.25) is 0 Å². The fraction of sp³-hybridized carbons (Fsp3) is 0.320. The molecule has 6 rings (SSSR count). The van der Waals surface area contributed by atoms with Gasteiger partial charge in [-0.05, 0) is 48.4 Å². The number of carbonyl (C=O) groups is 1. The van der Waals surface area contributed by atoms with E-state index in [0.29, 0.717) is 29.2 Å². The molecule has 2 aromatic rings. The number of hydrogen-bond donors (Lipinski definition) is 1. The molecule has 2 aliphatic carbocycles. The van der Waals surface area contributed by atoms with Crippen molar-refractivity contribution in [3.05, 3.63) is 87.5 Å². The van der Waals surface area contributed by atoms with Crippen LogP contribution in [0.15, 0.2) is 60.7 Å². The summed E-state index contributed by atoms with van der Waals surface area (Å²) in [6.45, 7) is 2.14. The molecule has 0 saturated heterocycles. The summed E-state index contributed by atoms with van der Waals surface area (Å²) >= 11 is 0. The Hall–Kier alpha value is -3.41. The van der Waals surface area contributed by atoms with Crippen molar-refractivity contribution in [1.82, 2.24) is 0 Å². The first-order valence-corrected chi connectivity index (χ1v) is 10.9. The minimum atomic E-state index is -0.457. The van der Waals surface area contributed by atoms with Crippen molar-refractivity contribution in [3.63, 3.8) is 0 Å². The van der Waals surface area contributed by atoms with Gasteiger partial charge in [-0.25, -0.2) is 0 Å². The van der Waals surface area contributed by atoms with E-state index in [1.807, 2.05) is 0 Å². The summed E-state index contributed by atoms with van der Waals surface area (Å²) in [4.78, 5) is 26.0. The van der Waals surface area contributed by atoms with Gasteiger partial charge in [0.2, 0.25) is 0 Å². The van der Waals surface area contributed by atoms with Crippen molar-refractivity contribution in [2.24, 2.45) is 11.8 Å². The number of hydrogen-bond acceptors (Lipinski definition) is 4. The summed E-state index contributed by atoms with van der Waals surface area (Å²) < 4.78 is 0. The number of carbonyl (C=O) groups excluding carboxylic acids is 1. The lowest BCUT2D eigenvalue weighted by atomic mass is 9.74. The van der Waals surface area contributed by atoms with E-state index >= 15 is 0 Å². The molecule has 2 aliphatic heterocycles.